The predicted molar refractivity (Wildman–Crippen MR) is 76.7 cm³/mol. The van der Waals surface area contributed by atoms with Crippen LogP contribution in [-0.4, -0.2) is 31.1 Å². The normalized spacial score (nSPS) is 20.5. The van der Waals surface area contributed by atoms with Crippen molar-refractivity contribution in [1.29, 1.82) is 0 Å². The molecule has 1 fully saturated rings. The molecule has 0 bridgehead atoms. The van der Waals surface area contributed by atoms with Crippen molar-refractivity contribution in [3.63, 3.8) is 0 Å². The first kappa shape index (κ1) is 13.0. The van der Waals surface area contributed by atoms with Crippen LogP contribution in [0.5, 0.6) is 0 Å². The fourth-order valence-corrected chi connectivity index (χ4v) is 3.09. The summed E-state index contributed by atoms with van der Waals surface area (Å²) in [7, 11) is 0. The molecule has 0 saturated heterocycles. The van der Waals surface area contributed by atoms with Crippen LogP contribution in [0.3, 0.4) is 0 Å². The fourth-order valence-electron chi connectivity index (χ4n) is 3.09. The molecule has 0 radical (unpaired) electrons. The van der Waals surface area contributed by atoms with Crippen LogP contribution < -0.4 is 0 Å². The van der Waals surface area contributed by atoms with Crippen molar-refractivity contribution < 1.29 is 4.52 Å². The second kappa shape index (κ2) is 4.94. The molecule has 1 saturated carbocycles. The lowest BCUT2D eigenvalue weighted by Gasteiger charge is -2.30. The molecule has 6 heteroatoms. The zero-order valence-electron chi connectivity index (χ0n) is 12.6. The van der Waals surface area contributed by atoms with E-state index in [1.165, 1.54) is 24.2 Å². The minimum absolute atomic E-state index is 0.150. The highest BCUT2D eigenvalue weighted by Crippen LogP contribution is 2.38. The Kier molecular flexibility index (Phi) is 3.06. The molecule has 1 aliphatic heterocycles. The van der Waals surface area contributed by atoms with Crippen LogP contribution in [0.15, 0.2) is 10.9 Å². The maximum absolute atomic E-state index is 5.38. The molecule has 112 valence electrons. The summed E-state index contributed by atoms with van der Waals surface area (Å²) >= 11 is 0. The molecule has 3 heterocycles. The SMILES string of the molecule is CCc1noc([C@@H](C)N2CCc3c(ncn3C3CC3)C2)n1. The molecule has 2 aliphatic rings. The fraction of sp³-hybridized carbons (Fsp3) is 0.667. The zero-order chi connectivity index (χ0) is 14.4. The lowest BCUT2D eigenvalue weighted by molar-refractivity contribution is 0.154. The molecule has 6 nitrogen and oxygen atoms in total. The Morgan fingerprint density at radius 1 is 1.43 bits per heavy atom. The summed E-state index contributed by atoms with van der Waals surface area (Å²) in [6, 6.07) is 0.866. The highest BCUT2D eigenvalue weighted by Gasteiger charge is 2.31. The number of fused-ring (bicyclic) bond motifs is 1. The van der Waals surface area contributed by atoms with Gasteiger partial charge in [-0.25, -0.2) is 4.98 Å². The van der Waals surface area contributed by atoms with E-state index in [1.807, 2.05) is 13.3 Å². The second-order valence-corrected chi connectivity index (χ2v) is 6.08. The van der Waals surface area contributed by atoms with Crippen LogP contribution in [0, 0.1) is 0 Å². The number of rotatable bonds is 4. The van der Waals surface area contributed by atoms with E-state index >= 15 is 0 Å². The van der Waals surface area contributed by atoms with Gasteiger partial charge in [0.05, 0.1) is 18.1 Å². The molecular formula is C15H21N5O. The van der Waals surface area contributed by atoms with Gasteiger partial charge in [-0.1, -0.05) is 12.1 Å². The summed E-state index contributed by atoms with van der Waals surface area (Å²) in [6.45, 7) is 6.07. The third-order valence-electron chi connectivity index (χ3n) is 4.62. The van der Waals surface area contributed by atoms with Gasteiger partial charge in [0.25, 0.3) is 0 Å². The molecule has 0 N–H and O–H groups in total. The van der Waals surface area contributed by atoms with E-state index in [2.05, 4.69) is 31.5 Å². The summed E-state index contributed by atoms with van der Waals surface area (Å²) in [5.74, 6) is 1.50. The number of aromatic nitrogens is 4. The van der Waals surface area contributed by atoms with Crippen LogP contribution in [0.1, 0.15) is 61.9 Å². The summed E-state index contributed by atoms with van der Waals surface area (Å²) in [6.07, 6.45) is 6.52. The van der Waals surface area contributed by atoms with Crippen molar-refractivity contribution >= 4 is 0 Å². The quantitative estimate of drug-likeness (QED) is 0.863. The lowest BCUT2D eigenvalue weighted by Crippen LogP contribution is -2.33. The van der Waals surface area contributed by atoms with Gasteiger partial charge >= 0.3 is 0 Å². The van der Waals surface area contributed by atoms with Crippen molar-refractivity contribution in [3.05, 3.63) is 29.4 Å². The topological polar surface area (TPSA) is 60.0 Å². The van der Waals surface area contributed by atoms with Crippen LogP contribution in [-0.2, 0) is 19.4 Å². The summed E-state index contributed by atoms with van der Waals surface area (Å²) in [5, 5.41) is 4.00. The van der Waals surface area contributed by atoms with Crippen molar-refractivity contribution in [1.82, 2.24) is 24.6 Å². The molecule has 1 atom stereocenters. The smallest absolute Gasteiger partial charge is 0.243 e. The largest absolute Gasteiger partial charge is 0.338 e. The Hall–Kier alpha value is -1.69. The van der Waals surface area contributed by atoms with Crippen molar-refractivity contribution in [2.24, 2.45) is 0 Å². The number of imidazole rings is 1. The Balaban J connectivity index is 1.52. The number of nitrogens with zero attached hydrogens (tertiary/aromatic N) is 5. The maximum atomic E-state index is 5.38. The highest BCUT2D eigenvalue weighted by atomic mass is 16.5. The third kappa shape index (κ3) is 2.27. The maximum Gasteiger partial charge on any atom is 0.243 e. The molecule has 21 heavy (non-hydrogen) atoms. The minimum Gasteiger partial charge on any atom is -0.338 e. The lowest BCUT2D eigenvalue weighted by atomic mass is 10.1. The zero-order valence-corrected chi connectivity index (χ0v) is 12.6. The van der Waals surface area contributed by atoms with Crippen molar-refractivity contribution in [2.75, 3.05) is 6.54 Å². The monoisotopic (exact) mass is 287 g/mol. The van der Waals surface area contributed by atoms with E-state index in [-0.39, 0.29) is 6.04 Å². The van der Waals surface area contributed by atoms with Gasteiger partial charge in [-0.05, 0) is 19.8 Å². The van der Waals surface area contributed by atoms with Gasteiger partial charge < -0.3 is 9.09 Å². The van der Waals surface area contributed by atoms with Crippen LogP contribution in [0.2, 0.25) is 0 Å². The first-order valence-corrected chi connectivity index (χ1v) is 7.87. The Labute approximate surface area is 124 Å². The average molecular weight is 287 g/mol. The van der Waals surface area contributed by atoms with Gasteiger partial charge in [0.2, 0.25) is 5.89 Å². The Bertz CT molecular complexity index is 642. The molecule has 4 rings (SSSR count). The van der Waals surface area contributed by atoms with Gasteiger partial charge in [-0.15, -0.1) is 0 Å². The molecule has 2 aromatic rings. The molecule has 2 aromatic heterocycles. The minimum atomic E-state index is 0.150. The molecule has 0 aromatic carbocycles. The molecule has 1 aliphatic carbocycles. The van der Waals surface area contributed by atoms with E-state index in [0.29, 0.717) is 6.04 Å². The van der Waals surface area contributed by atoms with Gasteiger partial charge in [-0.3, -0.25) is 4.90 Å². The first-order chi connectivity index (χ1) is 10.3. The molecule has 0 amide bonds. The first-order valence-electron chi connectivity index (χ1n) is 7.87. The third-order valence-corrected chi connectivity index (χ3v) is 4.62. The van der Waals surface area contributed by atoms with Crippen LogP contribution in [0.25, 0.3) is 0 Å². The highest BCUT2D eigenvalue weighted by molar-refractivity contribution is 5.19. The Morgan fingerprint density at radius 3 is 3.00 bits per heavy atom. The average Bonchev–Trinajstić information content (AvgIpc) is 3.10. The second-order valence-electron chi connectivity index (χ2n) is 6.08. The molecular weight excluding hydrogens is 266 g/mol. The predicted octanol–water partition coefficient (Wildman–Crippen LogP) is 2.28. The van der Waals surface area contributed by atoms with E-state index in [9.17, 15) is 0 Å². The van der Waals surface area contributed by atoms with Crippen molar-refractivity contribution in [3.8, 4) is 0 Å². The number of hydrogen-bond acceptors (Lipinski definition) is 5. The standard InChI is InChI=1S/C15H21N5O/c1-3-14-17-15(21-18-14)10(2)19-7-6-13-12(8-19)16-9-20(13)11-4-5-11/h9-11H,3-8H2,1-2H3/t10-/m1/s1. The van der Waals surface area contributed by atoms with Crippen molar-refractivity contribution in [2.45, 2.75) is 58.2 Å². The van der Waals surface area contributed by atoms with E-state index < -0.39 is 0 Å². The number of aryl methyl sites for hydroxylation is 1. The van der Waals surface area contributed by atoms with Gasteiger partial charge in [0, 0.05) is 37.7 Å². The van der Waals surface area contributed by atoms with Gasteiger partial charge in [0.1, 0.15) is 0 Å². The van der Waals surface area contributed by atoms with Crippen LogP contribution in [0.4, 0.5) is 0 Å². The molecule has 0 spiro atoms. The number of hydrogen-bond donors (Lipinski definition) is 0. The Morgan fingerprint density at radius 2 is 2.29 bits per heavy atom. The van der Waals surface area contributed by atoms with E-state index in [4.69, 9.17) is 4.52 Å². The van der Waals surface area contributed by atoms with Gasteiger partial charge in [-0.2, -0.15) is 4.98 Å². The van der Waals surface area contributed by atoms with E-state index in [1.54, 1.807) is 0 Å². The summed E-state index contributed by atoms with van der Waals surface area (Å²) in [5.41, 5.74) is 2.65. The van der Waals surface area contributed by atoms with Gasteiger partial charge in [0.15, 0.2) is 5.82 Å². The van der Waals surface area contributed by atoms with E-state index in [0.717, 1.165) is 37.6 Å². The summed E-state index contributed by atoms with van der Waals surface area (Å²) in [4.78, 5) is 11.5. The summed E-state index contributed by atoms with van der Waals surface area (Å²) < 4.78 is 7.77. The van der Waals surface area contributed by atoms with Crippen LogP contribution >= 0.6 is 0 Å². The molecule has 0 unspecified atom stereocenters.